The van der Waals surface area contributed by atoms with E-state index in [2.05, 4.69) is 0 Å². The summed E-state index contributed by atoms with van der Waals surface area (Å²) in [5, 5.41) is 2.11. The molecule has 0 saturated heterocycles. The van der Waals surface area contributed by atoms with Crippen LogP contribution in [-0.2, 0) is 6.61 Å². The zero-order valence-electron chi connectivity index (χ0n) is 12.8. The summed E-state index contributed by atoms with van der Waals surface area (Å²) in [5.74, 6) is 0.708. The summed E-state index contributed by atoms with van der Waals surface area (Å²) < 4.78 is 6.06. The highest BCUT2D eigenvalue weighted by molar-refractivity contribution is 6.04. The minimum atomic E-state index is 0.0215. The van der Waals surface area contributed by atoms with Crippen LogP contribution in [-0.4, -0.2) is 5.78 Å². The molecule has 0 fully saturated rings. The van der Waals surface area contributed by atoms with Crippen LogP contribution < -0.4 is 4.74 Å². The van der Waals surface area contributed by atoms with E-state index in [1.54, 1.807) is 6.92 Å². The first-order valence-corrected chi connectivity index (χ1v) is 7.37. The first-order valence-electron chi connectivity index (χ1n) is 7.37. The fraction of sp³-hybridized carbons (Fsp3) is 0.150. The van der Waals surface area contributed by atoms with Crippen LogP contribution in [0.15, 0.2) is 60.7 Å². The van der Waals surface area contributed by atoms with Gasteiger partial charge in [-0.2, -0.15) is 0 Å². The van der Waals surface area contributed by atoms with Gasteiger partial charge < -0.3 is 4.74 Å². The second-order valence-electron chi connectivity index (χ2n) is 5.45. The lowest BCUT2D eigenvalue weighted by Gasteiger charge is -2.15. The normalized spacial score (nSPS) is 10.6. The summed E-state index contributed by atoms with van der Waals surface area (Å²) >= 11 is 0. The van der Waals surface area contributed by atoms with E-state index >= 15 is 0 Å². The van der Waals surface area contributed by atoms with Crippen LogP contribution in [0.4, 0.5) is 0 Å². The molecule has 0 aliphatic heterocycles. The maximum absolute atomic E-state index is 12.0. The highest BCUT2D eigenvalue weighted by Crippen LogP contribution is 2.33. The number of rotatable bonds is 4. The van der Waals surface area contributed by atoms with Crippen LogP contribution in [0.5, 0.6) is 5.75 Å². The molecule has 2 heteroatoms. The Morgan fingerprint density at radius 1 is 0.955 bits per heavy atom. The van der Waals surface area contributed by atoms with Gasteiger partial charge in [-0.05, 0) is 36.4 Å². The van der Waals surface area contributed by atoms with Crippen LogP contribution in [0.1, 0.15) is 28.4 Å². The van der Waals surface area contributed by atoms with Gasteiger partial charge in [0.25, 0.3) is 0 Å². The molecule has 3 aromatic rings. The molecule has 0 aromatic heterocycles. The molecule has 22 heavy (non-hydrogen) atoms. The summed E-state index contributed by atoms with van der Waals surface area (Å²) in [6, 6.07) is 19.9. The van der Waals surface area contributed by atoms with Gasteiger partial charge in [0.2, 0.25) is 0 Å². The lowest BCUT2D eigenvalue weighted by atomic mass is 9.99. The molecule has 0 amide bonds. The van der Waals surface area contributed by atoms with Gasteiger partial charge in [0.05, 0.1) is 5.56 Å². The molecule has 0 unspecified atom stereocenters. The summed E-state index contributed by atoms with van der Waals surface area (Å²) in [5.41, 5.74) is 2.84. The number of carbonyl (C=O) groups excluding carboxylic acids is 1. The smallest absolute Gasteiger partial charge is 0.163 e. The van der Waals surface area contributed by atoms with Crippen molar-refractivity contribution in [1.82, 2.24) is 0 Å². The number of ketones is 1. The highest BCUT2D eigenvalue weighted by Gasteiger charge is 2.14. The molecule has 0 aliphatic carbocycles. The Hall–Kier alpha value is -2.61. The van der Waals surface area contributed by atoms with E-state index in [0.29, 0.717) is 17.9 Å². The number of fused-ring (bicyclic) bond motifs is 1. The van der Waals surface area contributed by atoms with E-state index in [4.69, 9.17) is 4.74 Å². The van der Waals surface area contributed by atoms with Gasteiger partial charge >= 0.3 is 0 Å². The van der Waals surface area contributed by atoms with Crippen LogP contribution in [0.25, 0.3) is 10.8 Å². The predicted octanol–water partition coefficient (Wildman–Crippen LogP) is 4.93. The Morgan fingerprint density at radius 3 is 2.45 bits per heavy atom. The van der Waals surface area contributed by atoms with E-state index in [1.165, 1.54) is 0 Å². The van der Waals surface area contributed by atoms with Crippen molar-refractivity contribution >= 4 is 16.6 Å². The molecule has 0 spiro atoms. The van der Waals surface area contributed by atoms with Crippen LogP contribution >= 0.6 is 0 Å². The zero-order valence-corrected chi connectivity index (χ0v) is 12.8. The molecule has 110 valence electrons. The minimum absolute atomic E-state index is 0.0215. The summed E-state index contributed by atoms with van der Waals surface area (Å²) in [6.07, 6.45) is 0. The number of ether oxygens (including phenoxy) is 1. The molecule has 0 saturated carbocycles. The van der Waals surface area contributed by atoms with Gasteiger partial charge in [-0.3, -0.25) is 4.79 Å². The largest absolute Gasteiger partial charge is 0.487 e. The molecule has 0 bridgehead atoms. The van der Waals surface area contributed by atoms with E-state index in [-0.39, 0.29) is 5.78 Å². The van der Waals surface area contributed by atoms with Crippen molar-refractivity contribution in [3.63, 3.8) is 0 Å². The van der Waals surface area contributed by atoms with Crippen molar-refractivity contribution in [1.29, 1.82) is 0 Å². The molecular formula is C20H18O2. The molecule has 3 aromatic carbocycles. The molecule has 0 aliphatic rings. The van der Waals surface area contributed by atoms with E-state index in [0.717, 1.165) is 21.9 Å². The fourth-order valence-electron chi connectivity index (χ4n) is 2.68. The van der Waals surface area contributed by atoms with Gasteiger partial charge in [-0.1, -0.05) is 54.6 Å². The lowest BCUT2D eigenvalue weighted by Crippen LogP contribution is -2.03. The van der Waals surface area contributed by atoms with Gasteiger partial charge in [0.1, 0.15) is 12.4 Å². The van der Waals surface area contributed by atoms with Crippen molar-refractivity contribution in [2.75, 3.05) is 0 Å². The van der Waals surface area contributed by atoms with Crippen molar-refractivity contribution in [3.05, 3.63) is 77.4 Å². The SMILES string of the molecule is CC(=O)c1ccc2cccc(C)c2c1OCc1ccccc1. The number of Topliss-reactive ketones (excluding diaryl/α,β-unsaturated/α-hetero) is 1. The first kappa shape index (κ1) is 14.3. The van der Waals surface area contributed by atoms with Gasteiger partial charge in [0.15, 0.2) is 5.78 Å². The standard InChI is InChI=1S/C20H18O2/c1-14-7-6-10-17-11-12-18(15(2)21)20(19(14)17)22-13-16-8-4-3-5-9-16/h3-12H,13H2,1-2H3. The Bertz CT molecular complexity index is 820. The average Bonchev–Trinajstić information content (AvgIpc) is 2.53. The Morgan fingerprint density at radius 2 is 1.73 bits per heavy atom. The lowest BCUT2D eigenvalue weighted by molar-refractivity contribution is 0.101. The van der Waals surface area contributed by atoms with Crippen molar-refractivity contribution in [3.8, 4) is 5.75 Å². The Labute approximate surface area is 130 Å². The summed E-state index contributed by atoms with van der Waals surface area (Å²) in [7, 11) is 0. The second kappa shape index (κ2) is 6.02. The molecule has 2 nitrogen and oxygen atoms in total. The molecule has 0 N–H and O–H groups in total. The summed E-state index contributed by atoms with van der Waals surface area (Å²) in [4.78, 5) is 12.0. The number of hydrogen-bond acceptors (Lipinski definition) is 2. The third-order valence-corrected chi connectivity index (χ3v) is 3.81. The topological polar surface area (TPSA) is 26.3 Å². The van der Waals surface area contributed by atoms with E-state index < -0.39 is 0 Å². The fourth-order valence-corrected chi connectivity index (χ4v) is 2.68. The predicted molar refractivity (Wildman–Crippen MR) is 89.5 cm³/mol. The maximum atomic E-state index is 12.0. The number of aryl methyl sites for hydroxylation is 1. The first-order chi connectivity index (χ1) is 10.7. The van der Waals surface area contributed by atoms with Crippen LogP contribution in [0.3, 0.4) is 0 Å². The average molecular weight is 290 g/mol. The number of carbonyl (C=O) groups is 1. The van der Waals surface area contributed by atoms with Crippen molar-refractivity contribution < 1.29 is 9.53 Å². The molecule has 3 rings (SSSR count). The van der Waals surface area contributed by atoms with E-state index in [1.807, 2.05) is 67.6 Å². The van der Waals surface area contributed by atoms with E-state index in [9.17, 15) is 4.79 Å². The summed E-state index contributed by atoms with van der Waals surface area (Å²) in [6.45, 7) is 4.07. The van der Waals surface area contributed by atoms with Crippen molar-refractivity contribution in [2.45, 2.75) is 20.5 Å². The second-order valence-corrected chi connectivity index (χ2v) is 5.45. The quantitative estimate of drug-likeness (QED) is 0.637. The van der Waals surface area contributed by atoms with Crippen LogP contribution in [0, 0.1) is 6.92 Å². The molecular weight excluding hydrogens is 272 g/mol. The number of benzene rings is 3. The van der Waals surface area contributed by atoms with Gasteiger partial charge in [-0.25, -0.2) is 0 Å². The third kappa shape index (κ3) is 2.73. The maximum Gasteiger partial charge on any atom is 0.163 e. The van der Waals surface area contributed by atoms with Gasteiger partial charge in [-0.15, -0.1) is 0 Å². The molecule has 0 atom stereocenters. The monoisotopic (exact) mass is 290 g/mol. The molecule has 0 heterocycles. The Kier molecular flexibility index (Phi) is 3.92. The Balaban J connectivity index is 2.08. The number of hydrogen-bond donors (Lipinski definition) is 0. The van der Waals surface area contributed by atoms with Crippen LogP contribution in [0.2, 0.25) is 0 Å². The third-order valence-electron chi connectivity index (χ3n) is 3.81. The van der Waals surface area contributed by atoms with Crippen molar-refractivity contribution in [2.24, 2.45) is 0 Å². The van der Waals surface area contributed by atoms with Gasteiger partial charge in [0, 0.05) is 5.39 Å². The minimum Gasteiger partial charge on any atom is -0.487 e. The molecule has 0 radical (unpaired) electrons. The highest BCUT2D eigenvalue weighted by atomic mass is 16.5. The zero-order chi connectivity index (χ0) is 15.5.